The van der Waals surface area contributed by atoms with Crippen molar-refractivity contribution < 1.29 is 0 Å². The van der Waals surface area contributed by atoms with Gasteiger partial charge in [0.1, 0.15) is 11.9 Å². The molecular weight excluding hydrogens is 332 g/mol. The Morgan fingerprint density at radius 3 is 2.84 bits per heavy atom. The van der Waals surface area contributed by atoms with Crippen LogP contribution in [0.3, 0.4) is 0 Å². The number of aromatic nitrogens is 2. The number of hydrogen-bond acceptors (Lipinski definition) is 6. The Kier molecular flexibility index (Phi) is 4.16. The van der Waals surface area contributed by atoms with Crippen LogP contribution in [0.2, 0.25) is 5.02 Å². The van der Waals surface area contributed by atoms with Crippen LogP contribution in [-0.4, -0.2) is 9.97 Å². The maximum atomic E-state index is 8.81. The normalized spacial score (nSPS) is 9.79. The molecule has 96 valence electrons. The molecule has 0 spiro atoms. The standard InChI is InChI=1S/C11H8BrClN6/c12-8-5-16-11(19-15)18-10(8)17-7-2-1-6(4-14)9(13)3-7/h1-3,5H,15H2,(H2,16,17,18,19). The lowest BCUT2D eigenvalue weighted by atomic mass is 10.2. The number of hydrogen-bond donors (Lipinski definition) is 3. The third-order valence-electron chi connectivity index (χ3n) is 2.23. The Morgan fingerprint density at radius 2 is 2.21 bits per heavy atom. The van der Waals surface area contributed by atoms with Crippen molar-refractivity contribution in [2.45, 2.75) is 0 Å². The first-order valence-electron chi connectivity index (χ1n) is 5.10. The van der Waals surface area contributed by atoms with Crippen molar-refractivity contribution in [3.63, 3.8) is 0 Å². The summed E-state index contributed by atoms with van der Waals surface area (Å²) in [6.07, 6.45) is 1.57. The molecule has 0 aliphatic carbocycles. The van der Waals surface area contributed by atoms with Crippen LogP contribution in [0.1, 0.15) is 5.56 Å². The van der Waals surface area contributed by atoms with E-state index in [1.165, 1.54) is 0 Å². The van der Waals surface area contributed by atoms with Gasteiger partial charge in [-0.25, -0.2) is 10.8 Å². The lowest BCUT2D eigenvalue weighted by Crippen LogP contribution is -2.11. The molecule has 2 rings (SSSR count). The molecule has 0 saturated heterocycles. The van der Waals surface area contributed by atoms with Crippen LogP contribution in [0.25, 0.3) is 0 Å². The molecule has 0 bridgehead atoms. The van der Waals surface area contributed by atoms with Crippen LogP contribution in [0.15, 0.2) is 28.9 Å². The molecule has 1 aromatic carbocycles. The molecule has 0 saturated carbocycles. The minimum Gasteiger partial charge on any atom is -0.339 e. The van der Waals surface area contributed by atoms with Crippen molar-refractivity contribution in [1.82, 2.24) is 9.97 Å². The highest BCUT2D eigenvalue weighted by atomic mass is 79.9. The van der Waals surface area contributed by atoms with Crippen LogP contribution >= 0.6 is 27.5 Å². The highest BCUT2D eigenvalue weighted by Gasteiger charge is 2.06. The van der Waals surface area contributed by atoms with Gasteiger partial charge in [-0.3, -0.25) is 5.43 Å². The lowest BCUT2D eigenvalue weighted by Gasteiger charge is -2.09. The van der Waals surface area contributed by atoms with Crippen molar-refractivity contribution in [3.8, 4) is 6.07 Å². The SMILES string of the molecule is N#Cc1ccc(Nc2nc(NN)ncc2Br)cc1Cl. The number of nitrogen functional groups attached to an aromatic ring is 1. The van der Waals surface area contributed by atoms with E-state index in [0.717, 1.165) is 0 Å². The fourth-order valence-corrected chi connectivity index (χ4v) is 1.86. The van der Waals surface area contributed by atoms with Gasteiger partial charge in [0.05, 0.1) is 15.1 Å². The molecule has 0 unspecified atom stereocenters. The predicted octanol–water partition coefficient (Wildman–Crippen LogP) is 2.79. The van der Waals surface area contributed by atoms with E-state index >= 15 is 0 Å². The molecule has 4 N–H and O–H groups in total. The largest absolute Gasteiger partial charge is 0.339 e. The number of nitrogens with two attached hydrogens (primary N) is 1. The van der Waals surface area contributed by atoms with E-state index in [1.54, 1.807) is 24.4 Å². The molecule has 0 fully saturated rings. The van der Waals surface area contributed by atoms with Gasteiger partial charge in [0.15, 0.2) is 0 Å². The Hall–Kier alpha value is -1.88. The van der Waals surface area contributed by atoms with Crippen molar-refractivity contribution in [2.75, 3.05) is 10.7 Å². The number of nitrogens with zero attached hydrogens (tertiary/aromatic N) is 3. The minimum absolute atomic E-state index is 0.283. The average Bonchev–Trinajstić information content (AvgIpc) is 2.41. The summed E-state index contributed by atoms with van der Waals surface area (Å²) in [5, 5.41) is 12.2. The molecule has 19 heavy (non-hydrogen) atoms. The number of anilines is 3. The van der Waals surface area contributed by atoms with E-state index in [2.05, 4.69) is 36.6 Å². The van der Waals surface area contributed by atoms with E-state index in [-0.39, 0.29) is 5.95 Å². The van der Waals surface area contributed by atoms with Crippen LogP contribution in [0.5, 0.6) is 0 Å². The fraction of sp³-hybridized carbons (Fsp3) is 0. The highest BCUT2D eigenvalue weighted by molar-refractivity contribution is 9.10. The Bertz CT molecular complexity index is 654. The monoisotopic (exact) mass is 338 g/mol. The second kappa shape index (κ2) is 5.84. The van der Waals surface area contributed by atoms with Crippen LogP contribution in [0, 0.1) is 11.3 Å². The van der Waals surface area contributed by atoms with E-state index in [0.29, 0.717) is 26.6 Å². The molecule has 0 aliphatic heterocycles. The fourth-order valence-electron chi connectivity index (χ4n) is 1.34. The summed E-state index contributed by atoms with van der Waals surface area (Å²) < 4.78 is 0.673. The van der Waals surface area contributed by atoms with Gasteiger partial charge in [0, 0.05) is 11.9 Å². The van der Waals surface area contributed by atoms with Gasteiger partial charge in [-0.1, -0.05) is 11.6 Å². The zero-order valence-electron chi connectivity index (χ0n) is 9.48. The average molecular weight is 340 g/mol. The van der Waals surface area contributed by atoms with Crippen LogP contribution in [0.4, 0.5) is 17.5 Å². The molecule has 2 aromatic rings. The summed E-state index contributed by atoms with van der Waals surface area (Å²) in [4.78, 5) is 8.09. The number of nitrogens with one attached hydrogen (secondary N) is 2. The van der Waals surface area contributed by atoms with Gasteiger partial charge in [-0.2, -0.15) is 10.2 Å². The molecular formula is C11H8BrClN6. The molecule has 0 aliphatic rings. The van der Waals surface area contributed by atoms with Crippen LogP contribution in [-0.2, 0) is 0 Å². The van der Waals surface area contributed by atoms with E-state index in [4.69, 9.17) is 22.7 Å². The Balaban J connectivity index is 2.31. The Labute approximate surface area is 122 Å². The van der Waals surface area contributed by atoms with Crippen molar-refractivity contribution in [1.29, 1.82) is 5.26 Å². The van der Waals surface area contributed by atoms with Crippen LogP contribution < -0.4 is 16.6 Å². The summed E-state index contributed by atoms with van der Waals surface area (Å²) in [7, 11) is 0. The molecule has 1 heterocycles. The summed E-state index contributed by atoms with van der Waals surface area (Å²) in [6, 6.07) is 7.00. The first-order valence-corrected chi connectivity index (χ1v) is 6.27. The van der Waals surface area contributed by atoms with E-state index in [1.807, 2.05) is 6.07 Å². The molecule has 8 heteroatoms. The summed E-state index contributed by atoms with van der Waals surface area (Å²) >= 11 is 9.28. The zero-order valence-corrected chi connectivity index (χ0v) is 11.8. The number of hydrazine groups is 1. The van der Waals surface area contributed by atoms with Gasteiger partial charge in [0.25, 0.3) is 0 Å². The number of nitriles is 1. The zero-order chi connectivity index (χ0) is 13.8. The number of rotatable bonds is 3. The quantitative estimate of drug-likeness (QED) is 0.587. The topological polar surface area (TPSA) is 99.7 Å². The number of benzene rings is 1. The third-order valence-corrected chi connectivity index (χ3v) is 3.12. The van der Waals surface area contributed by atoms with Crippen molar-refractivity contribution >= 4 is 45.0 Å². The molecule has 0 atom stereocenters. The van der Waals surface area contributed by atoms with Gasteiger partial charge >= 0.3 is 0 Å². The molecule has 0 radical (unpaired) electrons. The second-order valence-electron chi connectivity index (χ2n) is 3.47. The third kappa shape index (κ3) is 3.12. The van der Waals surface area contributed by atoms with Gasteiger partial charge in [-0.15, -0.1) is 0 Å². The van der Waals surface area contributed by atoms with Crippen molar-refractivity contribution in [2.24, 2.45) is 5.84 Å². The van der Waals surface area contributed by atoms with E-state index in [9.17, 15) is 0 Å². The maximum absolute atomic E-state index is 8.81. The summed E-state index contributed by atoms with van der Waals surface area (Å²) in [5.74, 6) is 6.06. The first kappa shape index (κ1) is 13.5. The highest BCUT2D eigenvalue weighted by Crippen LogP contribution is 2.26. The maximum Gasteiger partial charge on any atom is 0.239 e. The molecule has 1 aromatic heterocycles. The Morgan fingerprint density at radius 1 is 1.42 bits per heavy atom. The molecule has 0 amide bonds. The van der Waals surface area contributed by atoms with Crippen molar-refractivity contribution in [3.05, 3.63) is 39.5 Å². The predicted molar refractivity (Wildman–Crippen MR) is 77.0 cm³/mol. The first-order chi connectivity index (χ1) is 9.13. The number of halogens is 2. The minimum atomic E-state index is 0.283. The second-order valence-corrected chi connectivity index (χ2v) is 4.73. The van der Waals surface area contributed by atoms with Gasteiger partial charge in [-0.05, 0) is 34.1 Å². The van der Waals surface area contributed by atoms with E-state index < -0.39 is 0 Å². The molecule has 6 nitrogen and oxygen atoms in total. The lowest BCUT2D eigenvalue weighted by molar-refractivity contribution is 1.11. The van der Waals surface area contributed by atoms with Gasteiger partial charge in [0.2, 0.25) is 5.95 Å². The summed E-state index contributed by atoms with van der Waals surface area (Å²) in [6.45, 7) is 0. The summed E-state index contributed by atoms with van der Waals surface area (Å²) in [5.41, 5.74) is 3.47. The smallest absolute Gasteiger partial charge is 0.239 e. The van der Waals surface area contributed by atoms with Gasteiger partial charge < -0.3 is 5.32 Å².